The average Bonchev–Trinajstić information content (AvgIpc) is 3.24. The van der Waals surface area contributed by atoms with Crippen molar-refractivity contribution in [1.29, 1.82) is 0 Å². The predicted octanol–water partition coefficient (Wildman–Crippen LogP) is 2.07. The monoisotopic (exact) mass is 374 g/mol. The Morgan fingerprint density at radius 3 is 2.44 bits per heavy atom. The summed E-state index contributed by atoms with van der Waals surface area (Å²) in [6.45, 7) is 7.25. The zero-order valence-electron chi connectivity index (χ0n) is 15.6. The number of hydrogen-bond acceptors (Lipinski definition) is 7. The topological polar surface area (TPSA) is 81.0 Å². The first kappa shape index (κ1) is 17.3. The normalized spacial score (nSPS) is 36.5. The van der Waals surface area contributed by atoms with Crippen molar-refractivity contribution in [1.82, 2.24) is 9.55 Å². The standard InChI is InChI=1S/C19H22N2O6/c1-18(2)24-12-13(25-18)15-17(27-19(3,4)26-15)23-14(12)16(22)21-9-20-10-7-5-6-8-11(10)21/h5-9,12-15,17H,1-4H3/t12-,13+,14+,15-,17+/m1/s1. The van der Waals surface area contributed by atoms with Crippen molar-refractivity contribution in [3.63, 3.8) is 0 Å². The second kappa shape index (κ2) is 5.59. The molecule has 3 fully saturated rings. The van der Waals surface area contributed by atoms with Gasteiger partial charge in [0.1, 0.15) is 24.6 Å². The Labute approximate surface area is 156 Å². The number of imidazole rings is 1. The fourth-order valence-corrected chi connectivity index (χ4v) is 4.08. The van der Waals surface area contributed by atoms with E-state index in [1.54, 1.807) is 0 Å². The van der Waals surface area contributed by atoms with E-state index in [2.05, 4.69) is 4.98 Å². The molecule has 0 aliphatic carbocycles. The molecule has 2 aromatic rings. The molecule has 0 bridgehead atoms. The number of carbonyl (C=O) groups is 1. The number of carbonyl (C=O) groups excluding carboxylic acids is 1. The highest BCUT2D eigenvalue weighted by molar-refractivity contribution is 5.93. The number of rotatable bonds is 1. The summed E-state index contributed by atoms with van der Waals surface area (Å²) in [5, 5.41) is 0. The molecular formula is C19H22N2O6. The van der Waals surface area contributed by atoms with E-state index in [-0.39, 0.29) is 5.91 Å². The van der Waals surface area contributed by atoms with Crippen LogP contribution in [0.25, 0.3) is 11.0 Å². The van der Waals surface area contributed by atoms with Crippen LogP contribution >= 0.6 is 0 Å². The first-order valence-corrected chi connectivity index (χ1v) is 9.07. The molecule has 4 heterocycles. The second-order valence-corrected chi connectivity index (χ2v) is 8.03. The minimum Gasteiger partial charge on any atom is -0.342 e. The lowest BCUT2D eigenvalue weighted by Crippen LogP contribution is -2.58. The molecule has 5 atom stereocenters. The predicted molar refractivity (Wildman–Crippen MR) is 92.9 cm³/mol. The second-order valence-electron chi connectivity index (χ2n) is 8.03. The lowest BCUT2D eigenvalue weighted by Gasteiger charge is -2.36. The van der Waals surface area contributed by atoms with Gasteiger partial charge in [0.25, 0.3) is 5.91 Å². The summed E-state index contributed by atoms with van der Waals surface area (Å²) in [7, 11) is 0. The van der Waals surface area contributed by atoms with Gasteiger partial charge in [-0.1, -0.05) is 12.1 Å². The minimum absolute atomic E-state index is 0.272. The lowest BCUT2D eigenvalue weighted by molar-refractivity contribution is -0.222. The maximum atomic E-state index is 13.3. The number of hydrogen-bond donors (Lipinski definition) is 0. The van der Waals surface area contributed by atoms with E-state index in [4.69, 9.17) is 23.7 Å². The third-order valence-electron chi connectivity index (χ3n) is 5.09. The summed E-state index contributed by atoms with van der Waals surface area (Å²) >= 11 is 0. The fourth-order valence-electron chi connectivity index (χ4n) is 4.08. The van der Waals surface area contributed by atoms with Crippen molar-refractivity contribution < 1.29 is 28.5 Å². The average molecular weight is 374 g/mol. The van der Waals surface area contributed by atoms with Gasteiger partial charge in [0, 0.05) is 0 Å². The van der Waals surface area contributed by atoms with Gasteiger partial charge < -0.3 is 23.7 Å². The summed E-state index contributed by atoms with van der Waals surface area (Å²) in [6, 6.07) is 7.44. The van der Waals surface area contributed by atoms with E-state index in [9.17, 15) is 4.79 Å². The molecule has 3 aliphatic rings. The van der Waals surface area contributed by atoms with Crippen LogP contribution < -0.4 is 0 Å². The lowest BCUT2D eigenvalue weighted by atomic mass is 9.98. The van der Waals surface area contributed by atoms with Crippen LogP contribution in [0.2, 0.25) is 0 Å². The highest BCUT2D eigenvalue weighted by Gasteiger charge is 2.62. The highest BCUT2D eigenvalue weighted by Crippen LogP contribution is 2.44. The Balaban J connectivity index is 1.52. The van der Waals surface area contributed by atoms with E-state index < -0.39 is 42.3 Å². The molecule has 1 aromatic carbocycles. The van der Waals surface area contributed by atoms with Gasteiger partial charge in [0.2, 0.25) is 0 Å². The molecule has 5 rings (SSSR count). The molecule has 8 heteroatoms. The van der Waals surface area contributed by atoms with Gasteiger partial charge in [-0.15, -0.1) is 0 Å². The molecule has 0 saturated carbocycles. The molecule has 0 unspecified atom stereocenters. The molecule has 27 heavy (non-hydrogen) atoms. The van der Waals surface area contributed by atoms with Crippen molar-refractivity contribution in [2.45, 2.75) is 70.0 Å². The molecule has 1 aromatic heterocycles. The Morgan fingerprint density at radius 2 is 1.63 bits per heavy atom. The maximum Gasteiger partial charge on any atom is 0.264 e. The number of benzene rings is 1. The van der Waals surface area contributed by atoms with Gasteiger partial charge >= 0.3 is 0 Å². The van der Waals surface area contributed by atoms with Crippen molar-refractivity contribution in [3.8, 4) is 0 Å². The molecule has 8 nitrogen and oxygen atoms in total. The number of fused-ring (bicyclic) bond motifs is 4. The summed E-state index contributed by atoms with van der Waals surface area (Å²) in [5.74, 6) is -1.94. The molecule has 0 radical (unpaired) electrons. The molecular weight excluding hydrogens is 352 g/mol. The Morgan fingerprint density at radius 1 is 0.963 bits per heavy atom. The van der Waals surface area contributed by atoms with Crippen LogP contribution in [0.5, 0.6) is 0 Å². The molecule has 3 aliphatic heterocycles. The van der Waals surface area contributed by atoms with Crippen molar-refractivity contribution in [2.75, 3.05) is 0 Å². The third-order valence-corrected chi connectivity index (χ3v) is 5.09. The first-order chi connectivity index (χ1) is 12.7. The Kier molecular flexibility index (Phi) is 3.57. The summed E-state index contributed by atoms with van der Waals surface area (Å²) in [4.78, 5) is 17.6. The largest absolute Gasteiger partial charge is 0.342 e. The highest BCUT2D eigenvalue weighted by atomic mass is 16.9. The third kappa shape index (κ3) is 2.71. The van der Waals surface area contributed by atoms with Crippen LogP contribution in [0.1, 0.15) is 32.5 Å². The van der Waals surface area contributed by atoms with Gasteiger partial charge in [-0.3, -0.25) is 9.36 Å². The summed E-state index contributed by atoms with van der Waals surface area (Å²) in [6.07, 6.45) is -1.63. The number of para-hydroxylation sites is 2. The van der Waals surface area contributed by atoms with Gasteiger partial charge in [0.15, 0.2) is 24.0 Å². The number of nitrogens with zero attached hydrogens (tertiary/aromatic N) is 2. The van der Waals surface area contributed by atoms with Crippen LogP contribution in [0, 0.1) is 0 Å². The zero-order valence-corrected chi connectivity index (χ0v) is 15.6. The minimum atomic E-state index is -0.895. The SMILES string of the molecule is CC1(C)O[C@H]2[C@@H](O1)[C@@H](C(=O)n1cnc3ccccc31)O[C@H]1OC(C)(C)O[C@@H]12. The van der Waals surface area contributed by atoms with Gasteiger partial charge in [-0.05, 0) is 39.8 Å². The van der Waals surface area contributed by atoms with Gasteiger partial charge in [-0.25, -0.2) is 4.98 Å². The van der Waals surface area contributed by atoms with Crippen LogP contribution in [0.15, 0.2) is 30.6 Å². The fraction of sp³-hybridized carbons (Fsp3) is 0.579. The molecule has 144 valence electrons. The quantitative estimate of drug-likeness (QED) is 0.756. The molecule has 0 N–H and O–H groups in total. The first-order valence-electron chi connectivity index (χ1n) is 9.07. The number of ether oxygens (including phenoxy) is 5. The molecule has 3 saturated heterocycles. The van der Waals surface area contributed by atoms with E-state index >= 15 is 0 Å². The van der Waals surface area contributed by atoms with Crippen molar-refractivity contribution in [3.05, 3.63) is 30.6 Å². The number of aromatic nitrogens is 2. The molecule has 0 amide bonds. The summed E-state index contributed by atoms with van der Waals surface area (Å²) < 4.78 is 31.5. The van der Waals surface area contributed by atoms with Crippen LogP contribution in [0.4, 0.5) is 0 Å². The van der Waals surface area contributed by atoms with Crippen molar-refractivity contribution >= 4 is 16.9 Å². The van der Waals surface area contributed by atoms with E-state index in [1.165, 1.54) is 10.9 Å². The Bertz CT molecular complexity index is 906. The van der Waals surface area contributed by atoms with E-state index in [1.807, 2.05) is 52.0 Å². The maximum absolute atomic E-state index is 13.3. The smallest absolute Gasteiger partial charge is 0.264 e. The van der Waals surface area contributed by atoms with Crippen LogP contribution in [-0.4, -0.2) is 57.7 Å². The van der Waals surface area contributed by atoms with Crippen LogP contribution in [-0.2, 0) is 23.7 Å². The molecule has 0 spiro atoms. The van der Waals surface area contributed by atoms with Gasteiger partial charge in [-0.2, -0.15) is 0 Å². The Hall–Kier alpha value is -1.84. The van der Waals surface area contributed by atoms with Gasteiger partial charge in [0.05, 0.1) is 11.0 Å². The van der Waals surface area contributed by atoms with Crippen molar-refractivity contribution in [2.24, 2.45) is 0 Å². The van der Waals surface area contributed by atoms with Crippen LogP contribution in [0.3, 0.4) is 0 Å². The van der Waals surface area contributed by atoms with E-state index in [0.29, 0.717) is 5.52 Å². The zero-order chi connectivity index (χ0) is 19.0. The summed E-state index contributed by atoms with van der Waals surface area (Å²) in [5.41, 5.74) is 1.45. The van der Waals surface area contributed by atoms with E-state index in [0.717, 1.165) is 5.52 Å².